The number of ether oxygens (including phenoxy) is 3. The number of hydrogen-bond acceptors (Lipinski definition) is 7. The van der Waals surface area contributed by atoms with Gasteiger partial charge in [-0.15, -0.1) is 0 Å². The van der Waals surface area contributed by atoms with Gasteiger partial charge in [0.1, 0.15) is 12.6 Å². The van der Waals surface area contributed by atoms with Crippen molar-refractivity contribution in [2.24, 2.45) is 5.92 Å². The van der Waals surface area contributed by atoms with E-state index >= 15 is 0 Å². The van der Waals surface area contributed by atoms with Gasteiger partial charge in [-0.05, 0) is 37.8 Å². The van der Waals surface area contributed by atoms with Gasteiger partial charge in [-0.25, -0.2) is 4.98 Å². The van der Waals surface area contributed by atoms with E-state index in [1.165, 1.54) is 31.9 Å². The summed E-state index contributed by atoms with van der Waals surface area (Å²) in [7, 11) is 1.38. The lowest BCUT2D eigenvalue weighted by Crippen LogP contribution is -2.35. The van der Waals surface area contributed by atoms with E-state index in [2.05, 4.69) is 36.3 Å². The number of benzene rings is 1. The minimum Gasteiger partial charge on any atom is -0.493 e. The van der Waals surface area contributed by atoms with Gasteiger partial charge in [-0.2, -0.15) is 0 Å². The van der Waals surface area contributed by atoms with Crippen LogP contribution in [0.15, 0.2) is 30.5 Å². The first-order valence-electron chi connectivity index (χ1n) is 10.8. The number of methoxy groups -OCH3 is 1. The summed E-state index contributed by atoms with van der Waals surface area (Å²) in [5.41, 5.74) is 3.28. The average molecular weight is 457 g/mol. The van der Waals surface area contributed by atoms with Gasteiger partial charge in [0.2, 0.25) is 5.75 Å². The molecule has 178 valence electrons. The number of amides is 1. The molecule has 0 bridgehead atoms. The van der Waals surface area contributed by atoms with Crippen LogP contribution in [-0.2, 0) is 14.3 Å². The quantitative estimate of drug-likeness (QED) is 0.573. The maximum absolute atomic E-state index is 12.6. The molecular weight excluding hydrogens is 424 g/mol. The Morgan fingerprint density at radius 3 is 2.36 bits per heavy atom. The molecule has 1 amide bonds. The minimum atomic E-state index is -0.690. The van der Waals surface area contributed by atoms with Crippen LogP contribution in [-0.4, -0.2) is 42.6 Å². The minimum absolute atomic E-state index is 0.000807. The van der Waals surface area contributed by atoms with Gasteiger partial charge >= 0.3 is 11.9 Å². The summed E-state index contributed by atoms with van der Waals surface area (Å²) in [6.07, 6.45) is 0.945. The maximum Gasteiger partial charge on any atom is 0.325 e. The molecule has 2 rings (SSSR count). The molecule has 2 atom stereocenters. The van der Waals surface area contributed by atoms with Crippen LogP contribution in [0.3, 0.4) is 0 Å². The summed E-state index contributed by atoms with van der Waals surface area (Å²) in [6, 6.07) is 7.70. The van der Waals surface area contributed by atoms with Crippen molar-refractivity contribution >= 4 is 17.8 Å². The monoisotopic (exact) mass is 456 g/mol. The standard InChI is InChI=1S/C25H32N2O6/c1-14(2)22(19-9-8-15(3)12-16(19)4)17(5)32-21(29)13-27-25(30)23-24(33-18(6)28)20(31-7)10-11-26-23/h8-12,14,17,22H,13H2,1-7H3,(H,27,30). The first kappa shape index (κ1) is 25.8. The Morgan fingerprint density at radius 1 is 1.09 bits per heavy atom. The van der Waals surface area contributed by atoms with Gasteiger partial charge in [0.15, 0.2) is 11.4 Å². The van der Waals surface area contributed by atoms with Crippen LogP contribution in [0.5, 0.6) is 11.5 Å². The third-order valence-electron chi connectivity index (χ3n) is 5.27. The fourth-order valence-corrected chi connectivity index (χ4v) is 3.91. The van der Waals surface area contributed by atoms with Crippen LogP contribution in [0.25, 0.3) is 0 Å². The number of nitrogens with zero attached hydrogens (tertiary/aromatic N) is 1. The van der Waals surface area contributed by atoms with E-state index < -0.39 is 23.9 Å². The number of hydrogen-bond donors (Lipinski definition) is 1. The second kappa shape index (κ2) is 11.4. The van der Waals surface area contributed by atoms with Crippen LogP contribution in [0.2, 0.25) is 0 Å². The lowest BCUT2D eigenvalue weighted by atomic mass is 9.82. The molecule has 0 aliphatic rings. The van der Waals surface area contributed by atoms with Crippen LogP contribution in [0.4, 0.5) is 0 Å². The van der Waals surface area contributed by atoms with Gasteiger partial charge in [0, 0.05) is 25.1 Å². The average Bonchev–Trinajstić information content (AvgIpc) is 2.73. The third kappa shape index (κ3) is 6.78. The molecule has 0 saturated heterocycles. The molecule has 1 N–H and O–H groups in total. The topological polar surface area (TPSA) is 104 Å². The Hall–Kier alpha value is -3.42. The zero-order chi connectivity index (χ0) is 24.7. The first-order valence-corrected chi connectivity index (χ1v) is 10.8. The number of nitrogens with one attached hydrogen (secondary N) is 1. The maximum atomic E-state index is 12.6. The lowest BCUT2D eigenvalue weighted by Gasteiger charge is -2.29. The summed E-state index contributed by atoms with van der Waals surface area (Å²) in [6.45, 7) is 11.0. The van der Waals surface area contributed by atoms with Crippen molar-refractivity contribution in [2.75, 3.05) is 13.7 Å². The number of aromatic nitrogens is 1. The van der Waals surface area contributed by atoms with Crippen molar-refractivity contribution in [1.29, 1.82) is 0 Å². The van der Waals surface area contributed by atoms with E-state index in [-0.39, 0.29) is 35.6 Å². The normalized spacial score (nSPS) is 12.6. The fraction of sp³-hybridized carbons (Fsp3) is 0.440. The molecule has 0 aliphatic heterocycles. The largest absolute Gasteiger partial charge is 0.493 e. The molecule has 8 heteroatoms. The van der Waals surface area contributed by atoms with E-state index in [1.54, 1.807) is 0 Å². The number of carbonyl (C=O) groups excluding carboxylic acids is 3. The molecule has 1 aromatic carbocycles. The summed E-state index contributed by atoms with van der Waals surface area (Å²) < 4.78 is 15.9. The van der Waals surface area contributed by atoms with Gasteiger partial charge < -0.3 is 19.5 Å². The number of esters is 2. The summed E-state index contributed by atoms with van der Waals surface area (Å²) in [5, 5.41) is 2.47. The Balaban J connectivity index is 2.09. The number of carbonyl (C=O) groups is 3. The molecule has 0 radical (unpaired) electrons. The van der Waals surface area contributed by atoms with E-state index in [1.807, 2.05) is 26.8 Å². The molecular formula is C25H32N2O6. The molecule has 0 fully saturated rings. The van der Waals surface area contributed by atoms with Crippen molar-refractivity contribution in [3.05, 3.63) is 52.8 Å². The number of pyridine rings is 1. The molecule has 0 saturated carbocycles. The van der Waals surface area contributed by atoms with Crippen molar-refractivity contribution < 1.29 is 28.6 Å². The zero-order valence-corrected chi connectivity index (χ0v) is 20.2. The van der Waals surface area contributed by atoms with Crippen molar-refractivity contribution in [2.45, 2.75) is 53.6 Å². The Labute approximate surface area is 194 Å². The second-order valence-corrected chi connectivity index (χ2v) is 8.29. The summed E-state index contributed by atoms with van der Waals surface area (Å²) in [4.78, 5) is 40.5. The Bertz CT molecular complexity index is 1020. The molecule has 1 heterocycles. The second-order valence-electron chi connectivity index (χ2n) is 8.29. The van der Waals surface area contributed by atoms with E-state index in [0.717, 1.165) is 11.1 Å². The highest BCUT2D eigenvalue weighted by Crippen LogP contribution is 2.32. The first-order chi connectivity index (χ1) is 15.5. The summed E-state index contributed by atoms with van der Waals surface area (Å²) >= 11 is 0. The number of aryl methyl sites for hydroxylation is 2. The predicted molar refractivity (Wildman–Crippen MR) is 123 cm³/mol. The fourth-order valence-electron chi connectivity index (χ4n) is 3.91. The van der Waals surface area contributed by atoms with Crippen LogP contribution < -0.4 is 14.8 Å². The van der Waals surface area contributed by atoms with Gasteiger partial charge in [-0.3, -0.25) is 14.4 Å². The van der Waals surface area contributed by atoms with E-state index in [0.29, 0.717) is 0 Å². The zero-order valence-electron chi connectivity index (χ0n) is 20.2. The van der Waals surface area contributed by atoms with Gasteiger partial charge in [0.25, 0.3) is 5.91 Å². The Morgan fingerprint density at radius 2 is 1.79 bits per heavy atom. The van der Waals surface area contributed by atoms with Crippen molar-refractivity contribution in [3.8, 4) is 11.5 Å². The summed E-state index contributed by atoms with van der Waals surface area (Å²) in [5.74, 6) is -1.60. The van der Waals surface area contributed by atoms with Crippen molar-refractivity contribution in [3.63, 3.8) is 0 Å². The van der Waals surface area contributed by atoms with Crippen LogP contribution in [0, 0.1) is 19.8 Å². The van der Waals surface area contributed by atoms with Gasteiger partial charge in [0.05, 0.1) is 7.11 Å². The van der Waals surface area contributed by atoms with Crippen LogP contribution >= 0.6 is 0 Å². The highest BCUT2D eigenvalue weighted by molar-refractivity contribution is 5.98. The molecule has 33 heavy (non-hydrogen) atoms. The molecule has 2 unspecified atom stereocenters. The SMILES string of the molecule is COc1ccnc(C(=O)NCC(=O)OC(C)C(c2ccc(C)cc2C)C(C)C)c1OC(C)=O. The highest BCUT2D eigenvalue weighted by atomic mass is 16.6. The predicted octanol–water partition coefficient (Wildman–Crippen LogP) is 3.73. The number of rotatable bonds is 9. The van der Waals surface area contributed by atoms with E-state index in [9.17, 15) is 14.4 Å². The molecule has 0 aliphatic carbocycles. The van der Waals surface area contributed by atoms with Crippen molar-refractivity contribution in [1.82, 2.24) is 10.3 Å². The molecule has 0 spiro atoms. The Kier molecular flexibility index (Phi) is 8.96. The van der Waals surface area contributed by atoms with Gasteiger partial charge in [-0.1, -0.05) is 37.6 Å². The molecule has 1 aromatic heterocycles. The highest BCUT2D eigenvalue weighted by Gasteiger charge is 2.28. The van der Waals surface area contributed by atoms with Crippen LogP contribution in [0.1, 0.15) is 60.8 Å². The van der Waals surface area contributed by atoms with E-state index in [4.69, 9.17) is 14.2 Å². The smallest absolute Gasteiger partial charge is 0.325 e. The molecule has 2 aromatic rings. The lowest BCUT2D eigenvalue weighted by molar-refractivity contribution is -0.148. The molecule has 8 nitrogen and oxygen atoms in total. The third-order valence-corrected chi connectivity index (χ3v) is 5.27.